The number of rotatable bonds is 1. The van der Waals surface area contributed by atoms with Crippen LogP contribution < -0.4 is 5.32 Å². The van der Waals surface area contributed by atoms with Crippen LogP contribution in [0.5, 0.6) is 0 Å². The lowest BCUT2D eigenvalue weighted by atomic mass is 9.91. The summed E-state index contributed by atoms with van der Waals surface area (Å²) in [4.78, 5) is 14.4. The van der Waals surface area contributed by atoms with Gasteiger partial charge >= 0.3 is 0 Å². The fourth-order valence-electron chi connectivity index (χ4n) is 3.49. The minimum atomic E-state index is -0.513. The summed E-state index contributed by atoms with van der Waals surface area (Å²) in [5.74, 6) is -0.189. The summed E-state index contributed by atoms with van der Waals surface area (Å²) < 4.78 is 13.2. The molecule has 1 saturated heterocycles. The molecule has 0 radical (unpaired) electrons. The van der Waals surface area contributed by atoms with E-state index in [1.165, 1.54) is 12.1 Å². The largest absolute Gasteiger partial charge is 0.315 e. The molecule has 4 rings (SSSR count). The summed E-state index contributed by atoms with van der Waals surface area (Å²) in [5, 5.41) is 2.17. The van der Waals surface area contributed by atoms with E-state index in [0.29, 0.717) is 6.54 Å². The lowest BCUT2D eigenvalue weighted by Gasteiger charge is -2.29. The van der Waals surface area contributed by atoms with Crippen LogP contribution in [-0.4, -0.2) is 23.9 Å². The van der Waals surface area contributed by atoms with Crippen LogP contribution in [0.4, 0.5) is 4.39 Å². The topological polar surface area (TPSA) is 36.9 Å². The van der Waals surface area contributed by atoms with Crippen molar-refractivity contribution in [2.45, 2.75) is 5.66 Å². The highest BCUT2D eigenvalue weighted by Gasteiger charge is 2.57. The SMILES string of the molecule is O=C1c2ccccc2[C@@]2(c3ccc(F)cc3)[NH2+]CCN12. The number of fused-ring (bicyclic) bond motifs is 3. The van der Waals surface area contributed by atoms with E-state index >= 15 is 0 Å². The monoisotopic (exact) mass is 269 g/mol. The Morgan fingerprint density at radius 3 is 2.65 bits per heavy atom. The number of nitrogens with two attached hydrogens (primary N) is 1. The summed E-state index contributed by atoms with van der Waals surface area (Å²) in [5.41, 5.74) is 2.21. The second kappa shape index (κ2) is 3.90. The zero-order valence-corrected chi connectivity index (χ0v) is 10.8. The number of hydrogen-bond donors (Lipinski definition) is 1. The van der Waals surface area contributed by atoms with E-state index in [1.54, 1.807) is 12.1 Å². The van der Waals surface area contributed by atoms with Crippen molar-refractivity contribution in [1.29, 1.82) is 0 Å². The van der Waals surface area contributed by atoms with Crippen LogP contribution >= 0.6 is 0 Å². The van der Waals surface area contributed by atoms with Crippen molar-refractivity contribution in [2.75, 3.05) is 13.1 Å². The molecule has 100 valence electrons. The van der Waals surface area contributed by atoms with Gasteiger partial charge < -0.3 is 5.32 Å². The fraction of sp³-hybridized carbons (Fsp3) is 0.188. The third kappa shape index (κ3) is 1.29. The van der Waals surface area contributed by atoms with E-state index < -0.39 is 5.66 Å². The van der Waals surface area contributed by atoms with Crippen molar-refractivity contribution in [3.63, 3.8) is 0 Å². The standard InChI is InChI=1S/C16H13FN2O/c17-12-7-5-11(6-8-12)16-14-4-2-1-3-13(14)15(20)19(16)10-9-18-16/h1-8,18H,9-10H2/p+1/t16-/m0/s1. The van der Waals surface area contributed by atoms with E-state index in [1.807, 2.05) is 29.2 Å². The smallest absolute Gasteiger partial charge is 0.259 e. The van der Waals surface area contributed by atoms with E-state index in [-0.39, 0.29) is 11.7 Å². The molecule has 4 heteroatoms. The van der Waals surface area contributed by atoms with Crippen molar-refractivity contribution in [2.24, 2.45) is 0 Å². The third-order valence-corrected chi connectivity index (χ3v) is 4.32. The number of hydrogen-bond acceptors (Lipinski definition) is 1. The van der Waals surface area contributed by atoms with Crippen LogP contribution in [-0.2, 0) is 5.66 Å². The maximum Gasteiger partial charge on any atom is 0.259 e. The first kappa shape index (κ1) is 11.6. The van der Waals surface area contributed by atoms with Crippen molar-refractivity contribution >= 4 is 5.91 Å². The molecule has 2 N–H and O–H groups in total. The molecule has 0 aromatic heterocycles. The highest BCUT2D eigenvalue weighted by Crippen LogP contribution is 2.40. The molecular formula is C16H14FN2O+. The third-order valence-electron chi connectivity index (χ3n) is 4.32. The number of halogens is 1. The molecule has 0 unspecified atom stereocenters. The molecular weight excluding hydrogens is 255 g/mol. The molecule has 2 aromatic rings. The van der Waals surface area contributed by atoms with Crippen molar-refractivity contribution in [3.8, 4) is 0 Å². The second-order valence-electron chi connectivity index (χ2n) is 5.27. The van der Waals surface area contributed by atoms with Gasteiger partial charge in [-0.25, -0.2) is 4.39 Å². The number of amides is 1. The van der Waals surface area contributed by atoms with Crippen LogP contribution in [0.15, 0.2) is 48.5 Å². The van der Waals surface area contributed by atoms with Gasteiger partial charge in [-0.3, -0.25) is 9.69 Å². The van der Waals surface area contributed by atoms with E-state index in [0.717, 1.165) is 23.2 Å². The van der Waals surface area contributed by atoms with Gasteiger partial charge in [0.1, 0.15) is 5.82 Å². The van der Waals surface area contributed by atoms with Gasteiger partial charge in [-0.2, -0.15) is 0 Å². The summed E-state index contributed by atoms with van der Waals surface area (Å²) in [6.07, 6.45) is 0. The Morgan fingerprint density at radius 2 is 1.85 bits per heavy atom. The Labute approximate surface area is 116 Å². The Hall–Kier alpha value is -2.20. The summed E-state index contributed by atoms with van der Waals surface area (Å²) >= 11 is 0. The summed E-state index contributed by atoms with van der Waals surface area (Å²) in [7, 11) is 0. The number of benzene rings is 2. The average Bonchev–Trinajstić information content (AvgIpc) is 3.01. The highest BCUT2D eigenvalue weighted by molar-refractivity contribution is 6.00. The molecule has 2 aliphatic rings. The highest BCUT2D eigenvalue weighted by atomic mass is 19.1. The van der Waals surface area contributed by atoms with Gasteiger partial charge in [-0.15, -0.1) is 0 Å². The van der Waals surface area contributed by atoms with Crippen molar-refractivity contribution < 1.29 is 14.5 Å². The van der Waals surface area contributed by atoms with Gasteiger partial charge in [-0.05, 0) is 36.4 Å². The number of nitrogens with zero attached hydrogens (tertiary/aromatic N) is 1. The van der Waals surface area contributed by atoms with E-state index in [9.17, 15) is 9.18 Å². The maximum atomic E-state index is 13.2. The van der Waals surface area contributed by atoms with Crippen molar-refractivity contribution in [1.82, 2.24) is 4.90 Å². The fourth-order valence-corrected chi connectivity index (χ4v) is 3.49. The van der Waals surface area contributed by atoms with Gasteiger partial charge in [0, 0.05) is 5.56 Å². The molecule has 2 aromatic carbocycles. The van der Waals surface area contributed by atoms with E-state index in [2.05, 4.69) is 5.32 Å². The lowest BCUT2D eigenvalue weighted by Crippen LogP contribution is -2.93. The molecule has 1 atom stereocenters. The van der Waals surface area contributed by atoms with Crippen LogP contribution in [0, 0.1) is 5.82 Å². The summed E-state index contributed by atoms with van der Waals surface area (Å²) in [6.45, 7) is 1.57. The minimum Gasteiger partial charge on any atom is -0.315 e. The molecule has 20 heavy (non-hydrogen) atoms. The molecule has 2 aliphatic heterocycles. The van der Waals surface area contributed by atoms with Crippen LogP contribution in [0.2, 0.25) is 0 Å². The molecule has 0 saturated carbocycles. The van der Waals surface area contributed by atoms with Crippen molar-refractivity contribution in [3.05, 3.63) is 71.0 Å². The van der Waals surface area contributed by atoms with Gasteiger partial charge in [-0.1, -0.05) is 12.1 Å². The van der Waals surface area contributed by atoms with Gasteiger partial charge in [0.15, 0.2) is 0 Å². The number of quaternary nitrogens is 1. The van der Waals surface area contributed by atoms with Gasteiger partial charge in [0.25, 0.3) is 5.91 Å². The van der Waals surface area contributed by atoms with E-state index in [4.69, 9.17) is 0 Å². The Morgan fingerprint density at radius 1 is 1.10 bits per heavy atom. The first-order chi connectivity index (χ1) is 9.73. The Balaban J connectivity index is 1.99. The molecule has 1 amide bonds. The van der Waals surface area contributed by atoms with Crippen LogP contribution in [0.1, 0.15) is 21.5 Å². The second-order valence-corrected chi connectivity index (χ2v) is 5.27. The van der Waals surface area contributed by atoms with Gasteiger partial charge in [0.05, 0.1) is 24.2 Å². The molecule has 0 spiro atoms. The average molecular weight is 269 g/mol. The van der Waals surface area contributed by atoms with Crippen LogP contribution in [0.3, 0.4) is 0 Å². The number of carbonyl (C=O) groups excluding carboxylic acids is 1. The summed E-state index contributed by atoms with van der Waals surface area (Å²) in [6, 6.07) is 14.2. The first-order valence-electron chi connectivity index (χ1n) is 6.75. The maximum absolute atomic E-state index is 13.2. The molecule has 3 nitrogen and oxygen atoms in total. The first-order valence-corrected chi connectivity index (χ1v) is 6.75. The zero-order chi connectivity index (χ0) is 13.7. The Bertz CT molecular complexity index is 698. The van der Waals surface area contributed by atoms with Gasteiger partial charge in [0.2, 0.25) is 5.66 Å². The Kier molecular flexibility index (Phi) is 2.26. The molecule has 0 aliphatic carbocycles. The normalized spacial score (nSPS) is 23.9. The molecule has 2 heterocycles. The lowest BCUT2D eigenvalue weighted by molar-refractivity contribution is -0.716. The minimum absolute atomic E-state index is 0.0682. The predicted molar refractivity (Wildman–Crippen MR) is 71.5 cm³/mol. The quantitative estimate of drug-likeness (QED) is 0.826. The number of carbonyl (C=O) groups is 1. The zero-order valence-electron chi connectivity index (χ0n) is 10.8. The molecule has 1 fully saturated rings. The predicted octanol–water partition coefficient (Wildman–Crippen LogP) is 1.06. The molecule has 0 bridgehead atoms. The van der Waals surface area contributed by atoms with Crippen LogP contribution in [0.25, 0.3) is 0 Å².